The largest absolute Gasteiger partial charge is 0.364 e. The van der Waals surface area contributed by atoms with Gasteiger partial charge in [0.1, 0.15) is 0 Å². The van der Waals surface area contributed by atoms with E-state index in [1.165, 1.54) is 0 Å². The zero-order valence-corrected chi connectivity index (χ0v) is 8.91. The van der Waals surface area contributed by atoms with Crippen molar-refractivity contribution in [2.75, 3.05) is 16.8 Å². The van der Waals surface area contributed by atoms with Crippen molar-refractivity contribution in [2.45, 2.75) is 12.5 Å². The molecule has 2 heterocycles. The van der Waals surface area contributed by atoms with Crippen molar-refractivity contribution in [1.29, 1.82) is 0 Å². The molecule has 0 amide bonds. The maximum Gasteiger partial charge on any atom is 0.224 e. The minimum Gasteiger partial charge on any atom is -0.364 e. The fraction of sp³-hybridized carbons (Fsp3) is 0.500. The number of nitrogens with zero attached hydrogens (tertiary/aromatic N) is 2. The number of halogens is 2. The van der Waals surface area contributed by atoms with E-state index in [4.69, 9.17) is 11.6 Å². The SMILES string of the molecule is Fc1cnc(Cl)nc1NC1CCSC1. The van der Waals surface area contributed by atoms with Crippen LogP contribution in [-0.2, 0) is 0 Å². The number of hydrogen-bond acceptors (Lipinski definition) is 4. The molecule has 1 aromatic rings. The number of thioether (sulfide) groups is 1. The number of rotatable bonds is 2. The van der Waals surface area contributed by atoms with Crippen molar-refractivity contribution in [1.82, 2.24) is 9.97 Å². The smallest absolute Gasteiger partial charge is 0.224 e. The fourth-order valence-corrected chi connectivity index (χ4v) is 2.57. The van der Waals surface area contributed by atoms with Gasteiger partial charge >= 0.3 is 0 Å². The Balaban J connectivity index is 2.10. The summed E-state index contributed by atoms with van der Waals surface area (Å²) in [5.41, 5.74) is 0. The minimum absolute atomic E-state index is 0.0690. The topological polar surface area (TPSA) is 37.8 Å². The standard InChI is InChI=1S/C8H9ClFN3S/c9-8-11-3-6(10)7(13-8)12-5-1-2-14-4-5/h3,5H,1-2,4H2,(H,11,12,13). The van der Waals surface area contributed by atoms with Gasteiger partial charge in [-0.15, -0.1) is 0 Å². The summed E-state index contributed by atoms with van der Waals surface area (Å²) in [5.74, 6) is 1.85. The summed E-state index contributed by atoms with van der Waals surface area (Å²) in [4.78, 5) is 7.34. The van der Waals surface area contributed by atoms with Crippen LogP contribution in [0.25, 0.3) is 0 Å². The van der Waals surface area contributed by atoms with Gasteiger partial charge in [-0.05, 0) is 23.8 Å². The summed E-state index contributed by atoms with van der Waals surface area (Å²) in [7, 11) is 0. The second kappa shape index (κ2) is 4.31. The molecule has 0 radical (unpaired) electrons. The Kier molecular flexibility index (Phi) is 3.08. The Bertz CT molecular complexity index is 330. The van der Waals surface area contributed by atoms with Gasteiger partial charge in [0.2, 0.25) is 5.28 Å². The monoisotopic (exact) mass is 233 g/mol. The van der Waals surface area contributed by atoms with Crippen LogP contribution in [-0.4, -0.2) is 27.5 Å². The highest BCUT2D eigenvalue weighted by molar-refractivity contribution is 7.99. The molecule has 1 aliphatic rings. The van der Waals surface area contributed by atoms with Crippen LogP contribution in [0.5, 0.6) is 0 Å². The summed E-state index contributed by atoms with van der Waals surface area (Å²) in [6.07, 6.45) is 2.12. The van der Waals surface area contributed by atoms with Crippen LogP contribution in [0.4, 0.5) is 10.2 Å². The molecule has 2 rings (SSSR count). The highest BCUT2D eigenvalue weighted by Crippen LogP contribution is 2.22. The number of anilines is 1. The Morgan fingerprint density at radius 1 is 1.64 bits per heavy atom. The summed E-state index contributed by atoms with van der Waals surface area (Å²) in [5, 5.41) is 3.09. The third-order valence-electron chi connectivity index (χ3n) is 1.99. The molecule has 1 fully saturated rings. The van der Waals surface area contributed by atoms with Gasteiger partial charge in [0.15, 0.2) is 11.6 Å². The Morgan fingerprint density at radius 2 is 2.50 bits per heavy atom. The van der Waals surface area contributed by atoms with E-state index in [9.17, 15) is 4.39 Å². The number of nitrogens with one attached hydrogen (secondary N) is 1. The summed E-state index contributed by atoms with van der Waals surface area (Å²) in [6, 6.07) is 0.292. The first kappa shape index (κ1) is 9.98. The summed E-state index contributed by atoms with van der Waals surface area (Å²) in [6.45, 7) is 0. The van der Waals surface area contributed by atoms with Crippen LogP contribution in [0.1, 0.15) is 6.42 Å². The summed E-state index contributed by atoms with van der Waals surface area (Å²) < 4.78 is 13.2. The van der Waals surface area contributed by atoms with Gasteiger partial charge in [0, 0.05) is 11.8 Å². The van der Waals surface area contributed by atoms with E-state index in [1.807, 2.05) is 11.8 Å². The fourth-order valence-electron chi connectivity index (χ4n) is 1.29. The minimum atomic E-state index is -0.452. The Labute approximate surface area is 90.5 Å². The highest BCUT2D eigenvalue weighted by Gasteiger charge is 2.17. The zero-order chi connectivity index (χ0) is 9.97. The molecule has 76 valence electrons. The molecule has 0 saturated carbocycles. The van der Waals surface area contributed by atoms with Gasteiger partial charge in [-0.3, -0.25) is 0 Å². The van der Waals surface area contributed by atoms with E-state index >= 15 is 0 Å². The van der Waals surface area contributed by atoms with Crippen LogP contribution < -0.4 is 5.32 Å². The van der Waals surface area contributed by atoms with Gasteiger partial charge < -0.3 is 5.32 Å². The van der Waals surface area contributed by atoms with E-state index in [1.54, 1.807) is 0 Å². The van der Waals surface area contributed by atoms with Gasteiger partial charge in [-0.1, -0.05) is 0 Å². The van der Waals surface area contributed by atoms with Crippen molar-refractivity contribution >= 4 is 29.2 Å². The molecule has 6 heteroatoms. The highest BCUT2D eigenvalue weighted by atomic mass is 35.5. The maximum atomic E-state index is 13.2. The lowest BCUT2D eigenvalue weighted by molar-refractivity contribution is 0.612. The third kappa shape index (κ3) is 2.27. The molecule has 0 aliphatic carbocycles. The predicted octanol–water partition coefficient (Wildman–Crippen LogP) is 2.19. The van der Waals surface area contributed by atoms with E-state index in [0.29, 0.717) is 6.04 Å². The quantitative estimate of drug-likeness (QED) is 0.795. The first-order valence-electron chi connectivity index (χ1n) is 4.28. The predicted molar refractivity (Wildman–Crippen MR) is 56.4 cm³/mol. The molecule has 1 N–H and O–H groups in total. The average Bonchev–Trinajstić information content (AvgIpc) is 2.64. The van der Waals surface area contributed by atoms with Crippen LogP contribution in [0.15, 0.2) is 6.20 Å². The average molecular weight is 234 g/mol. The lowest BCUT2D eigenvalue weighted by Crippen LogP contribution is -2.20. The van der Waals surface area contributed by atoms with Crippen molar-refractivity contribution in [3.05, 3.63) is 17.3 Å². The summed E-state index contributed by atoms with van der Waals surface area (Å²) >= 11 is 7.42. The second-order valence-electron chi connectivity index (χ2n) is 3.04. The Hall–Kier alpha value is -0.550. The first-order chi connectivity index (χ1) is 6.75. The van der Waals surface area contributed by atoms with Gasteiger partial charge in [-0.25, -0.2) is 9.37 Å². The van der Waals surface area contributed by atoms with Crippen LogP contribution in [0, 0.1) is 5.82 Å². The first-order valence-corrected chi connectivity index (χ1v) is 5.81. The third-order valence-corrected chi connectivity index (χ3v) is 3.33. The number of aromatic nitrogens is 2. The normalized spacial score (nSPS) is 21.1. The number of hydrogen-bond donors (Lipinski definition) is 1. The van der Waals surface area contributed by atoms with Gasteiger partial charge in [0.05, 0.1) is 6.20 Å². The lowest BCUT2D eigenvalue weighted by atomic mass is 10.2. The van der Waals surface area contributed by atoms with Crippen LogP contribution >= 0.6 is 23.4 Å². The van der Waals surface area contributed by atoms with Crippen molar-refractivity contribution < 1.29 is 4.39 Å². The molecule has 3 nitrogen and oxygen atoms in total. The molecule has 1 atom stereocenters. The van der Waals surface area contributed by atoms with Gasteiger partial charge in [0.25, 0.3) is 0 Å². The molecule has 1 aromatic heterocycles. The van der Waals surface area contributed by atoms with E-state index in [0.717, 1.165) is 24.1 Å². The molecule has 0 spiro atoms. The molecular weight excluding hydrogens is 225 g/mol. The zero-order valence-electron chi connectivity index (χ0n) is 7.33. The maximum absolute atomic E-state index is 13.2. The van der Waals surface area contributed by atoms with E-state index < -0.39 is 5.82 Å². The lowest BCUT2D eigenvalue weighted by Gasteiger charge is -2.11. The van der Waals surface area contributed by atoms with Crippen molar-refractivity contribution in [2.24, 2.45) is 0 Å². The van der Waals surface area contributed by atoms with E-state index in [2.05, 4.69) is 15.3 Å². The molecule has 1 aliphatic heterocycles. The molecule has 1 unspecified atom stereocenters. The van der Waals surface area contributed by atoms with Crippen LogP contribution in [0.2, 0.25) is 5.28 Å². The van der Waals surface area contributed by atoms with Crippen LogP contribution in [0.3, 0.4) is 0 Å². The van der Waals surface area contributed by atoms with Crippen molar-refractivity contribution in [3.63, 3.8) is 0 Å². The molecule has 0 aromatic carbocycles. The second-order valence-corrected chi connectivity index (χ2v) is 4.53. The van der Waals surface area contributed by atoms with Gasteiger partial charge in [-0.2, -0.15) is 16.7 Å². The van der Waals surface area contributed by atoms with Crippen molar-refractivity contribution in [3.8, 4) is 0 Å². The molecule has 0 bridgehead atoms. The van der Waals surface area contributed by atoms with E-state index in [-0.39, 0.29) is 11.1 Å². The molecule has 14 heavy (non-hydrogen) atoms. The Morgan fingerprint density at radius 3 is 3.21 bits per heavy atom. The molecular formula is C8H9ClFN3S. The molecule has 1 saturated heterocycles.